The lowest BCUT2D eigenvalue weighted by Gasteiger charge is -2.43. The minimum Gasteiger partial charge on any atom is -0.381 e. The molecule has 1 unspecified atom stereocenters. The second kappa shape index (κ2) is 6.86. The summed E-state index contributed by atoms with van der Waals surface area (Å²) in [5.41, 5.74) is 1.09. The van der Waals surface area contributed by atoms with Gasteiger partial charge in [0, 0.05) is 25.9 Å². The van der Waals surface area contributed by atoms with Crippen LogP contribution >= 0.6 is 0 Å². The average Bonchev–Trinajstić information content (AvgIpc) is 2.48. The lowest BCUT2D eigenvalue weighted by molar-refractivity contribution is -0.140. The number of hydrogen-bond donors (Lipinski definition) is 1. The molecule has 0 aliphatic carbocycles. The number of hydrogen-bond acceptors (Lipinski definition) is 3. The summed E-state index contributed by atoms with van der Waals surface area (Å²) in [6, 6.07) is 7.37. The van der Waals surface area contributed by atoms with Crippen molar-refractivity contribution in [3.63, 3.8) is 0 Å². The van der Waals surface area contributed by atoms with Crippen LogP contribution in [0.1, 0.15) is 31.2 Å². The predicted molar refractivity (Wildman–Crippen MR) is 79.9 cm³/mol. The van der Waals surface area contributed by atoms with Gasteiger partial charge in [-0.15, -0.1) is 0 Å². The second-order valence-corrected chi connectivity index (χ2v) is 6.17. The molecular formula is C17H24FNO2. The van der Waals surface area contributed by atoms with Crippen molar-refractivity contribution in [1.29, 1.82) is 0 Å². The molecule has 0 aromatic heterocycles. The molecule has 0 bridgehead atoms. The first kappa shape index (κ1) is 14.9. The largest absolute Gasteiger partial charge is 0.381 e. The highest BCUT2D eigenvalue weighted by Crippen LogP contribution is 2.34. The topological polar surface area (TPSA) is 30.5 Å². The molecule has 3 rings (SSSR count). The zero-order valence-electron chi connectivity index (χ0n) is 12.4. The first-order valence-corrected chi connectivity index (χ1v) is 7.95. The Morgan fingerprint density at radius 1 is 1.24 bits per heavy atom. The van der Waals surface area contributed by atoms with Gasteiger partial charge in [-0.1, -0.05) is 12.1 Å². The van der Waals surface area contributed by atoms with Gasteiger partial charge in [-0.25, -0.2) is 4.39 Å². The van der Waals surface area contributed by atoms with E-state index in [-0.39, 0.29) is 11.4 Å². The summed E-state index contributed by atoms with van der Waals surface area (Å²) < 4.78 is 24.6. The molecule has 1 aromatic rings. The van der Waals surface area contributed by atoms with Crippen molar-refractivity contribution in [2.24, 2.45) is 0 Å². The van der Waals surface area contributed by atoms with Crippen LogP contribution in [0.3, 0.4) is 0 Å². The molecule has 1 N–H and O–H groups in total. The molecule has 1 atom stereocenters. The van der Waals surface area contributed by atoms with Crippen LogP contribution < -0.4 is 5.32 Å². The van der Waals surface area contributed by atoms with Gasteiger partial charge in [-0.2, -0.15) is 0 Å². The highest BCUT2D eigenvalue weighted by molar-refractivity contribution is 5.16. The molecule has 1 spiro atoms. The van der Waals surface area contributed by atoms with E-state index in [1.165, 1.54) is 6.07 Å². The lowest BCUT2D eigenvalue weighted by Crippen LogP contribution is -2.50. The van der Waals surface area contributed by atoms with Crippen LogP contribution in [0.4, 0.5) is 4.39 Å². The second-order valence-electron chi connectivity index (χ2n) is 6.17. The monoisotopic (exact) mass is 293 g/mol. The number of ether oxygens (including phenoxy) is 2. The highest BCUT2D eigenvalue weighted by atomic mass is 19.1. The molecule has 0 saturated carbocycles. The molecule has 116 valence electrons. The third-order valence-corrected chi connectivity index (χ3v) is 4.63. The van der Waals surface area contributed by atoms with Gasteiger partial charge in [-0.3, -0.25) is 0 Å². The third kappa shape index (κ3) is 4.02. The third-order valence-electron chi connectivity index (χ3n) is 4.63. The van der Waals surface area contributed by atoms with Gasteiger partial charge in [0.15, 0.2) is 0 Å². The maximum absolute atomic E-state index is 13.1. The minimum atomic E-state index is -0.153. The molecule has 2 saturated heterocycles. The van der Waals surface area contributed by atoms with Crippen molar-refractivity contribution >= 4 is 0 Å². The Morgan fingerprint density at radius 2 is 2.10 bits per heavy atom. The van der Waals surface area contributed by atoms with Crippen LogP contribution in [-0.4, -0.2) is 38.0 Å². The van der Waals surface area contributed by atoms with E-state index in [1.54, 1.807) is 12.1 Å². The van der Waals surface area contributed by atoms with Gasteiger partial charge in [-0.05, 0) is 56.3 Å². The molecule has 0 amide bonds. The molecule has 21 heavy (non-hydrogen) atoms. The van der Waals surface area contributed by atoms with E-state index in [0.717, 1.165) is 64.0 Å². The number of nitrogens with one attached hydrogen (secondary N) is 1. The summed E-state index contributed by atoms with van der Waals surface area (Å²) in [5, 5.41) is 3.62. The number of halogens is 1. The summed E-state index contributed by atoms with van der Waals surface area (Å²) in [4.78, 5) is 0. The van der Waals surface area contributed by atoms with Crippen molar-refractivity contribution in [2.75, 3.05) is 26.4 Å². The van der Waals surface area contributed by atoms with Gasteiger partial charge < -0.3 is 14.8 Å². The first-order chi connectivity index (χ1) is 10.3. The Morgan fingerprint density at radius 3 is 2.90 bits per heavy atom. The molecule has 2 heterocycles. The van der Waals surface area contributed by atoms with E-state index in [4.69, 9.17) is 9.47 Å². The maximum atomic E-state index is 13.1. The fourth-order valence-electron chi connectivity index (χ4n) is 3.41. The van der Waals surface area contributed by atoms with E-state index in [0.29, 0.717) is 6.04 Å². The van der Waals surface area contributed by atoms with Crippen molar-refractivity contribution in [3.8, 4) is 0 Å². The van der Waals surface area contributed by atoms with Crippen LogP contribution in [0.15, 0.2) is 24.3 Å². The standard InChI is InChI=1S/C17H24FNO2/c18-15-3-1-2-14(12-15)4-8-19-16-5-9-21-17(13-16)6-10-20-11-7-17/h1-3,12,16,19H,4-11,13H2. The van der Waals surface area contributed by atoms with Crippen molar-refractivity contribution in [2.45, 2.75) is 43.7 Å². The Hall–Kier alpha value is -0.970. The minimum absolute atomic E-state index is 0.0347. The smallest absolute Gasteiger partial charge is 0.123 e. The van der Waals surface area contributed by atoms with Gasteiger partial charge in [0.25, 0.3) is 0 Å². The van der Waals surface area contributed by atoms with Crippen molar-refractivity contribution < 1.29 is 13.9 Å². The summed E-state index contributed by atoms with van der Waals surface area (Å²) in [6.45, 7) is 3.35. The normalized spacial score (nSPS) is 25.1. The van der Waals surface area contributed by atoms with E-state index in [9.17, 15) is 4.39 Å². The van der Waals surface area contributed by atoms with Crippen LogP contribution in [0.5, 0.6) is 0 Å². The molecule has 2 aliphatic rings. The lowest BCUT2D eigenvalue weighted by atomic mass is 9.84. The van der Waals surface area contributed by atoms with Crippen LogP contribution in [0, 0.1) is 5.82 Å². The zero-order chi connectivity index (χ0) is 14.5. The Balaban J connectivity index is 1.46. The SMILES string of the molecule is Fc1cccc(CCNC2CCOC3(CCOCC3)C2)c1. The van der Waals surface area contributed by atoms with E-state index in [1.807, 2.05) is 6.07 Å². The van der Waals surface area contributed by atoms with Crippen LogP contribution in [0.25, 0.3) is 0 Å². The molecule has 4 heteroatoms. The summed E-state index contributed by atoms with van der Waals surface area (Å²) in [7, 11) is 0. The number of benzene rings is 1. The highest BCUT2D eigenvalue weighted by Gasteiger charge is 2.38. The molecular weight excluding hydrogens is 269 g/mol. The summed E-state index contributed by atoms with van der Waals surface area (Å²) in [5.74, 6) is -0.153. The molecule has 3 nitrogen and oxygen atoms in total. The molecule has 2 aliphatic heterocycles. The maximum Gasteiger partial charge on any atom is 0.123 e. The average molecular weight is 293 g/mol. The molecule has 0 radical (unpaired) electrons. The van der Waals surface area contributed by atoms with E-state index >= 15 is 0 Å². The number of rotatable bonds is 4. The van der Waals surface area contributed by atoms with Crippen LogP contribution in [0.2, 0.25) is 0 Å². The fraction of sp³-hybridized carbons (Fsp3) is 0.647. The summed E-state index contributed by atoms with van der Waals surface area (Å²) >= 11 is 0. The van der Waals surface area contributed by atoms with E-state index < -0.39 is 0 Å². The molecule has 1 aromatic carbocycles. The Kier molecular flexibility index (Phi) is 4.88. The van der Waals surface area contributed by atoms with Crippen molar-refractivity contribution in [3.05, 3.63) is 35.6 Å². The summed E-state index contributed by atoms with van der Waals surface area (Å²) in [6.07, 6.45) is 5.01. The van der Waals surface area contributed by atoms with Crippen LogP contribution in [-0.2, 0) is 15.9 Å². The van der Waals surface area contributed by atoms with Gasteiger partial charge in [0.05, 0.1) is 5.60 Å². The van der Waals surface area contributed by atoms with Gasteiger partial charge in [0.1, 0.15) is 5.82 Å². The molecule has 2 fully saturated rings. The van der Waals surface area contributed by atoms with Gasteiger partial charge in [0.2, 0.25) is 0 Å². The predicted octanol–water partition coefficient (Wildman–Crippen LogP) is 2.69. The van der Waals surface area contributed by atoms with Crippen molar-refractivity contribution in [1.82, 2.24) is 5.32 Å². The quantitative estimate of drug-likeness (QED) is 0.926. The Bertz CT molecular complexity index is 454. The first-order valence-electron chi connectivity index (χ1n) is 7.95. The van der Waals surface area contributed by atoms with Gasteiger partial charge >= 0.3 is 0 Å². The Labute approximate surface area is 125 Å². The van der Waals surface area contributed by atoms with E-state index in [2.05, 4.69) is 5.32 Å². The fourth-order valence-corrected chi connectivity index (χ4v) is 3.41. The zero-order valence-corrected chi connectivity index (χ0v) is 12.4.